The maximum absolute atomic E-state index is 12.0. The number of allylic oxidation sites excluding steroid dienone is 6. The molecule has 0 aliphatic carbocycles. The number of H-pyrrole nitrogens is 2. The summed E-state index contributed by atoms with van der Waals surface area (Å²) in [7, 11) is 6.18. The van der Waals surface area contributed by atoms with Crippen molar-refractivity contribution >= 4 is 81.2 Å². The van der Waals surface area contributed by atoms with Crippen LogP contribution in [0, 0.1) is 10.1 Å². The molecule has 5 aliphatic heterocycles. The molecule has 3 aromatic heterocycles. The van der Waals surface area contributed by atoms with Gasteiger partial charge in [-0.3, -0.25) is 10.1 Å². The fourth-order valence-corrected chi connectivity index (χ4v) is 7.49. The number of halogens is 1. The van der Waals surface area contributed by atoms with Crippen molar-refractivity contribution in [3.63, 3.8) is 0 Å². The Balaban J connectivity index is 0.00000427. The molecule has 0 radical (unpaired) electrons. The second-order valence-corrected chi connectivity index (χ2v) is 14.1. The number of nitro groups is 1. The van der Waals surface area contributed by atoms with E-state index in [0.717, 1.165) is 97.8 Å². The van der Waals surface area contributed by atoms with Gasteiger partial charge in [-0.25, -0.2) is 9.97 Å². The summed E-state index contributed by atoms with van der Waals surface area (Å²) in [5, 5.41) is 12.0. The van der Waals surface area contributed by atoms with Gasteiger partial charge in [0, 0.05) is 97.2 Å². The van der Waals surface area contributed by atoms with Crippen LogP contribution in [0.25, 0.3) is 74.2 Å². The number of fused-ring (bicyclic) bond motifs is 8. The minimum atomic E-state index is -0.358. The van der Waals surface area contributed by atoms with Crippen LogP contribution in [-0.4, -0.2) is 80.3 Å². The molecule has 11 heteroatoms. The highest BCUT2D eigenvalue weighted by atomic mass is 35.5. The lowest BCUT2D eigenvalue weighted by Gasteiger charge is -2.18. The third kappa shape index (κ3) is 6.61. The quantitative estimate of drug-likeness (QED) is 0.134. The van der Waals surface area contributed by atoms with Gasteiger partial charge in [0.15, 0.2) is 0 Å². The van der Waals surface area contributed by atoms with Crippen LogP contribution in [0.1, 0.15) is 39.5 Å². The molecule has 2 N–H and O–H groups in total. The van der Waals surface area contributed by atoms with Gasteiger partial charge in [0.05, 0.1) is 27.7 Å². The molecule has 0 amide bonds. The standard InChI is InChI=1S/C44H38N8O2.ClH/c1-49-21-15-28(16-22-49)41-33-7-9-35(45-33)42(29-17-23-50(2)24-18-29)37-11-13-39(47-37)44(31-5-4-6-32(27-31)52(53)54)40-14-12-38(48-40)43(36-10-8-34(41)46-36)30-19-25-51(3)26-20-30;/h4-21,23,25,27,45,48H,22,24,26H2,1-3H3;1H. The molecule has 274 valence electrons. The SMILES string of the molecule is CN1C=CC(c2c3nc(c(C4=CCN(C)C=C4)c4ccc([nH]4)c(-c4cccc([N+](=O)[O-])c4)c4nc(c(C5=CCN(C)C=C5)c5ccc2[nH]5)C=C4)C=C3)=CC1.Cl. The lowest BCUT2D eigenvalue weighted by Crippen LogP contribution is -2.13. The van der Waals surface area contributed by atoms with E-state index in [1.54, 1.807) is 12.1 Å². The normalized spacial score (nSPS) is 15.9. The molecular weight excluding hydrogens is 708 g/mol. The molecule has 55 heavy (non-hydrogen) atoms. The molecule has 0 saturated heterocycles. The molecule has 0 atom stereocenters. The third-order valence-electron chi connectivity index (χ3n) is 10.3. The lowest BCUT2D eigenvalue weighted by atomic mass is 10.0. The number of nitro benzene ring substituents is 1. The summed E-state index contributed by atoms with van der Waals surface area (Å²) < 4.78 is 0. The lowest BCUT2D eigenvalue weighted by molar-refractivity contribution is -0.384. The second-order valence-electron chi connectivity index (χ2n) is 14.1. The highest BCUT2D eigenvalue weighted by molar-refractivity contribution is 5.99. The Kier molecular flexibility index (Phi) is 9.20. The van der Waals surface area contributed by atoms with Crippen LogP contribution >= 0.6 is 12.4 Å². The van der Waals surface area contributed by atoms with Crippen LogP contribution in [0.5, 0.6) is 0 Å². The summed E-state index contributed by atoms with van der Waals surface area (Å²) >= 11 is 0. The van der Waals surface area contributed by atoms with Crippen molar-refractivity contribution in [3.05, 3.63) is 153 Å². The Morgan fingerprint density at radius 2 is 0.945 bits per heavy atom. The van der Waals surface area contributed by atoms with E-state index in [1.165, 1.54) is 6.07 Å². The van der Waals surface area contributed by atoms with Crippen LogP contribution < -0.4 is 0 Å². The van der Waals surface area contributed by atoms with E-state index >= 15 is 0 Å². The molecule has 8 heterocycles. The molecular formula is C44H39ClN8O2. The van der Waals surface area contributed by atoms with Crippen LogP contribution in [0.2, 0.25) is 0 Å². The maximum Gasteiger partial charge on any atom is 0.270 e. The molecule has 8 bridgehead atoms. The second kappa shape index (κ2) is 14.3. The number of nitrogens with one attached hydrogen (secondary N) is 2. The minimum absolute atomic E-state index is 0. The fraction of sp³-hybridized carbons (Fsp3) is 0.136. The minimum Gasteiger partial charge on any atom is -0.377 e. The number of nitrogens with zero attached hydrogens (tertiary/aromatic N) is 6. The number of likely N-dealkylation sites (N-methyl/N-ethyl adjacent to an activating group) is 3. The van der Waals surface area contributed by atoms with Gasteiger partial charge in [-0.2, -0.15) is 0 Å². The summed E-state index contributed by atoms with van der Waals surface area (Å²) in [4.78, 5) is 36.2. The Bertz CT molecular complexity index is 2650. The Labute approximate surface area is 324 Å². The maximum atomic E-state index is 12.0. The van der Waals surface area contributed by atoms with E-state index in [0.29, 0.717) is 11.3 Å². The van der Waals surface area contributed by atoms with Gasteiger partial charge in [-0.05, 0) is 108 Å². The summed E-state index contributed by atoms with van der Waals surface area (Å²) in [6, 6.07) is 15.1. The van der Waals surface area contributed by atoms with E-state index < -0.39 is 0 Å². The Hall–Kier alpha value is -6.65. The van der Waals surface area contributed by atoms with Crippen molar-refractivity contribution in [2.24, 2.45) is 0 Å². The molecule has 0 saturated carbocycles. The molecule has 1 aromatic carbocycles. The summed E-state index contributed by atoms with van der Waals surface area (Å²) in [6.07, 6.45) is 27.6. The number of hydrogen-bond donors (Lipinski definition) is 2. The van der Waals surface area contributed by atoms with Gasteiger partial charge in [0.1, 0.15) is 0 Å². The number of rotatable bonds is 5. The van der Waals surface area contributed by atoms with Crippen LogP contribution in [-0.2, 0) is 0 Å². The van der Waals surface area contributed by atoms with E-state index in [2.05, 4.69) is 131 Å². The zero-order chi connectivity index (χ0) is 36.9. The molecule has 0 spiro atoms. The number of aromatic nitrogens is 4. The van der Waals surface area contributed by atoms with Crippen molar-refractivity contribution in [1.82, 2.24) is 34.6 Å². The van der Waals surface area contributed by atoms with Gasteiger partial charge < -0.3 is 24.7 Å². The van der Waals surface area contributed by atoms with Gasteiger partial charge in [-0.15, -0.1) is 12.4 Å². The van der Waals surface area contributed by atoms with Crippen molar-refractivity contribution in [1.29, 1.82) is 0 Å². The predicted octanol–water partition coefficient (Wildman–Crippen LogP) is 9.18. The number of aromatic amines is 2. The Morgan fingerprint density at radius 3 is 1.31 bits per heavy atom. The van der Waals surface area contributed by atoms with Crippen molar-refractivity contribution in [3.8, 4) is 11.1 Å². The van der Waals surface area contributed by atoms with E-state index in [9.17, 15) is 10.1 Å². The first-order valence-electron chi connectivity index (χ1n) is 18.0. The van der Waals surface area contributed by atoms with Crippen LogP contribution in [0.15, 0.2) is 104 Å². The van der Waals surface area contributed by atoms with Crippen molar-refractivity contribution in [2.45, 2.75) is 0 Å². The zero-order valence-electron chi connectivity index (χ0n) is 30.7. The monoisotopic (exact) mass is 746 g/mol. The van der Waals surface area contributed by atoms with Gasteiger partial charge in [0.2, 0.25) is 0 Å². The van der Waals surface area contributed by atoms with Gasteiger partial charge in [-0.1, -0.05) is 30.4 Å². The molecule has 9 rings (SSSR count). The molecule has 0 unspecified atom stereocenters. The highest BCUT2D eigenvalue weighted by Crippen LogP contribution is 2.37. The smallest absolute Gasteiger partial charge is 0.270 e. The summed E-state index contributed by atoms with van der Waals surface area (Å²) in [5.41, 5.74) is 14.4. The fourth-order valence-electron chi connectivity index (χ4n) is 7.49. The third-order valence-corrected chi connectivity index (χ3v) is 10.3. The summed E-state index contributed by atoms with van der Waals surface area (Å²) in [5.74, 6) is 0. The van der Waals surface area contributed by atoms with Crippen LogP contribution in [0.3, 0.4) is 0 Å². The van der Waals surface area contributed by atoms with Gasteiger partial charge >= 0.3 is 0 Å². The molecule has 10 nitrogen and oxygen atoms in total. The predicted molar refractivity (Wildman–Crippen MR) is 227 cm³/mol. The first-order chi connectivity index (χ1) is 26.3. The topological polar surface area (TPSA) is 110 Å². The molecule has 0 fully saturated rings. The van der Waals surface area contributed by atoms with E-state index in [4.69, 9.17) is 9.97 Å². The number of non-ortho nitro benzene ring substituents is 1. The molecule has 5 aliphatic rings. The van der Waals surface area contributed by atoms with Crippen LogP contribution in [0.4, 0.5) is 5.69 Å². The largest absolute Gasteiger partial charge is 0.377 e. The van der Waals surface area contributed by atoms with Gasteiger partial charge in [0.25, 0.3) is 5.69 Å². The average Bonchev–Trinajstić information content (AvgIpc) is 4.02. The summed E-state index contributed by atoms with van der Waals surface area (Å²) in [6.45, 7) is 2.31. The highest BCUT2D eigenvalue weighted by Gasteiger charge is 2.21. The average molecular weight is 747 g/mol. The number of benzene rings is 1. The van der Waals surface area contributed by atoms with Crippen molar-refractivity contribution in [2.75, 3.05) is 40.8 Å². The van der Waals surface area contributed by atoms with E-state index in [1.807, 2.05) is 24.3 Å². The first-order valence-corrected chi connectivity index (χ1v) is 18.0. The Morgan fingerprint density at radius 1 is 0.564 bits per heavy atom. The first kappa shape index (κ1) is 35.4. The van der Waals surface area contributed by atoms with E-state index in [-0.39, 0.29) is 23.0 Å². The molecule has 4 aromatic rings. The zero-order valence-corrected chi connectivity index (χ0v) is 31.5. The number of hydrogen-bond acceptors (Lipinski definition) is 7. The van der Waals surface area contributed by atoms with Crippen molar-refractivity contribution < 1.29 is 4.92 Å².